The van der Waals surface area contributed by atoms with Gasteiger partial charge in [-0.25, -0.2) is 9.97 Å². The maximum Gasteiger partial charge on any atom is 0.160 e. The molecule has 2 aliphatic carbocycles. The van der Waals surface area contributed by atoms with Gasteiger partial charge >= 0.3 is 0 Å². The molecule has 11 rings (SSSR count). The number of hydrogen-bond acceptors (Lipinski definition) is 2. The van der Waals surface area contributed by atoms with Gasteiger partial charge in [-0.05, 0) is 103 Å². The summed E-state index contributed by atoms with van der Waals surface area (Å²) < 4.78 is 0. The molecular weight excluding hydrogens is 689 g/mol. The summed E-state index contributed by atoms with van der Waals surface area (Å²) >= 11 is 0. The first-order chi connectivity index (χ1) is 27.9. The standard InChI is InChI=1S/C55H40N2/c1-54(2)47-28-16-26-44(52(47)45-31-36-19-10-11-20-37(36)32-48(45)54)40-23-12-13-25-43(40)51-34-50(56-53(57-51)35-17-6-4-7-18-35)38-29-30-42-41-24-14-15-27-46(41)55(3,49(42)33-38)39-21-8-5-9-22-39/h4-34H,1-3H3. The molecule has 2 heteroatoms. The molecule has 9 aromatic rings. The summed E-state index contributed by atoms with van der Waals surface area (Å²) in [6.07, 6.45) is 0. The highest BCUT2D eigenvalue weighted by Gasteiger charge is 2.41. The van der Waals surface area contributed by atoms with E-state index in [-0.39, 0.29) is 10.8 Å². The third-order valence-corrected chi connectivity index (χ3v) is 12.8. The van der Waals surface area contributed by atoms with E-state index in [4.69, 9.17) is 9.97 Å². The Labute approximate surface area is 334 Å². The zero-order valence-corrected chi connectivity index (χ0v) is 32.3. The lowest BCUT2D eigenvalue weighted by Crippen LogP contribution is -2.22. The SMILES string of the molecule is CC1(C)c2cc3ccccc3cc2-c2c(-c3ccccc3-c3cc(-c4ccc5c(c4)C(C)(c4ccccc4)c4ccccc4-5)nc(-c4ccccc4)n3)cccc21. The van der Waals surface area contributed by atoms with Crippen molar-refractivity contribution in [1.29, 1.82) is 0 Å². The monoisotopic (exact) mass is 728 g/mol. The number of aromatic nitrogens is 2. The zero-order chi connectivity index (χ0) is 38.3. The summed E-state index contributed by atoms with van der Waals surface area (Å²) in [7, 11) is 0. The number of benzene rings is 8. The quantitative estimate of drug-likeness (QED) is 0.176. The summed E-state index contributed by atoms with van der Waals surface area (Å²) in [5.41, 5.74) is 18.7. The number of rotatable bonds is 5. The van der Waals surface area contributed by atoms with Crippen LogP contribution < -0.4 is 0 Å². The van der Waals surface area contributed by atoms with Gasteiger partial charge in [0, 0.05) is 27.5 Å². The van der Waals surface area contributed by atoms with Crippen molar-refractivity contribution in [1.82, 2.24) is 9.97 Å². The zero-order valence-electron chi connectivity index (χ0n) is 32.3. The summed E-state index contributed by atoms with van der Waals surface area (Å²) in [6.45, 7) is 7.10. The average molecular weight is 729 g/mol. The van der Waals surface area contributed by atoms with Crippen molar-refractivity contribution in [2.24, 2.45) is 0 Å². The molecule has 0 spiro atoms. The summed E-state index contributed by atoms with van der Waals surface area (Å²) in [4.78, 5) is 10.7. The van der Waals surface area contributed by atoms with Gasteiger partial charge in [-0.3, -0.25) is 0 Å². The van der Waals surface area contributed by atoms with Crippen molar-refractivity contribution in [3.8, 4) is 67.3 Å². The first kappa shape index (κ1) is 33.4. The van der Waals surface area contributed by atoms with E-state index in [0.29, 0.717) is 5.82 Å². The second kappa shape index (κ2) is 12.6. The maximum atomic E-state index is 5.36. The lowest BCUT2D eigenvalue weighted by Gasteiger charge is -2.28. The fourth-order valence-corrected chi connectivity index (χ4v) is 9.82. The fraction of sp³-hybridized carbons (Fsp3) is 0.0909. The molecule has 0 N–H and O–H groups in total. The molecule has 2 aliphatic rings. The second-order valence-electron chi connectivity index (χ2n) is 16.3. The predicted octanol–water partition coefficient (Wildman–Crippen LogP) is 13.9. The minimum Gasteiger partial charge on any atom is -0.228 e. The molecular formula is C55H40N2. The topological polar surface area (TPSA) is 25.8 Å². The Kier molecular flexibility index (Phi) is 7.37. The first-order valence-corrected chi connectivity index (χ1v) is 19.9. The van der Waals surface area contributed by atoms with Gasteiger partial charge in [-0.15, -0.1) is 0 Å². The molecule has 1 unspecified atom stereocenters. The van der Waals surface area contributed by atoms with Gasteiger partial charge in [0.15, 0.2) is 5.82 Å². The molecule has 0 aliphatic heterocycles. The van der Waals surface area contributed by atoms with Crippen molar-refractivity contribution >= 4 is 10.8 Å². The van der Waals surface area contributed by atoms with Crippen LogP contribution in [0, 0.1) is 0 Å². The Hall–Kier alpha value is -6.90. The molecule has 0 amide bonds. The van der Waals surface area contributed by atoms with Crippen molar-refractivity contribution in [2.45, 2.75) is 31.6 Å². The molecule has 1 aromatic heterocycles. The number of nitrogens with zero attached hydrogens (tertiary/aromatic N) is 2. The Balaban J connectivity index is 1.12. The Morgan fingerprint density at radius 1 is 0.351 bits per heavy atom. The van der Waals surface area contributed by atoms with E-state index in [1.54, 1.807) is 0 Å². The van der Waals surface area contributed by atoms with Crippen LogP contribution in [0.3, 0.4) is 0 Å². The van der Waals surface area contributed by atoms with Crippen molar-refractivity contribution in [3.63, 3.8) is 0 Å². The highest BCUT2D eigenvalue weighted by Crippen LogP contribution is 2.55. The highest BCUT2D eigenvalue weighted by atomic mass is 14.9. The average Bonchev–Trinajstić information content (AvgIpc) is 3.66. The largest absolute Gasteiger partial charge is 0.228 e. The molecule has 0 saturated carbocycles. The van der Waals surface area contributed by atoms with E-state index in [9.17, 15) is 0 Å². The summed E-state index contributed by atoms with van der Waals surface area (Å²) in [5, 5.41) is 2.54. The molecule has 2 nitrogen and oxygen atoms in total. The smallest absolute Gasteiger partial charge is 0.160 e. The van der Waals surface area contributed by atoms with Crippen LogP contribution in [0.4, 0.5) is 0 Å². The minimum atomic E-state index is -0.309. The van der Waals surface area contributed by atoms with Gasteiger partial charge in [0.2, 0.25) is 0 Å². The molecule has 0 radical (unpaired) electrons. The van der Waals surface area contributed by atoms with E-state index < -0.39 is 0 Å². The first-order valence-electron chi connectivity index (χ1n) is 19.9. The number of hydrogen-bond donors (Lipinski definition) is 0. The van der Waals surface area contributed by atoms with Crippen LogP contribution in [0.2, 0.25) is 0 Å². The predicted molar refractivity (Wildman–Crippen MR) is 236 cm³/mol. The Morgan fingerprint density at radius 3 is 1.74 bits per heavy atom. The summed E-state index contributed by atoms with van der Waals surface area (Å²) in [5.74, 6) is 0.712. The molecule has 1 atom stereocenters. The van der Waals surface area contributed by atoms with Gasteiger partial charge in [-0.1, -0.05) is 178 Å². The van der Waals surface area contributed by atoms with Crippen LogP contribution in [0.1, 0.15) is 48.6 Å². The van der Waals surface area contributed by atoms with Crippen molar-refractivity contribution in [2.75, 3.05) is 0 Å². The molecule has 0 fully saturated rings. The highest BCUT2D eigenvalue weighted by molar-refractivity contribution is 6.01. The lowest BCUT2D eigenvalue weighted by molar-refractivity contribution is 0.661. The Bertz CT molecular complexity index is 3050. The summed E-state index contributed by atoms with van der Waals surface area (Å²) in [6, 6.07) is 68.4. The molecule has 8 aromatic carbocycles. The van der Waals surface area contributed by atoms with Gasteiger partial charge in [0.05, 0.1) is 11.4 Å². The van der Waals surface area contributed by atoms with Gasteiger partial charge < -0.3 is 0 Å². The molecule has 1 heterocycles. The van der Waals surface area contributed by atoms with Crippen LogP contribution in [0.5, 0.6) is 0 Å². The van der Waals surface area contributed by atoms with Crippen LogP contribution in [-0.2, 0) is 10.8 Å². The maximum absolute atomic E-state index is 5.36. The molecule has 0 bridgehead atoms. The van der Waals surface area contributed by atoms with E-state index in [0.717, 1.165) is 33.6 Å². The van der Waals surface area contributed by atoms with Gasteiger partial charge in [-0.2, -0.15) is 0 Å². The second-order valence-corrected chi connectivity index (χ2v) is 16.3. The van der Waals surface area contributed by atoms with Crippen molar-refractivity contribution in [3.05, 3.63) is 216 Å². The molecule has 270 valence electrons. The van der Waals surface area contributed by atoms with Gasteiger partial charge in [0.25, 0.3) is 0 Å². The van der Waals surface area contributed by atoms with E-state index in [1.807, 2.05) is 6.07 Å². The van der Waals surface area contributed by atoms with Crippen LogP contribution in [0.15, 0.2) is 188 Å². The van der Waals surface area contributed by atoms with Crippen LogP contribution in [-0.4, -0.2) is 9.97 Å². The van der Waals surface area contributed by atoms with Crippen LogP contribution >= 0.6 is 0 Å². The van der Waals surface area contributed by atoms with Crippen LogP contribution in [0.25, 0.3) is 78.1 Å². The minimum absolute atomic E-state index is 0.135. The normalized spacial score (nSPS) is 15.8. The molecule has 0 saturated heterocycles. The van der Waals surface area contributed by atoms with E-state index >= 15 is 0 Å². The van der Waals surface area contributed by atoms with E-state index in [2.05, 4.69) is 203 Å². The Morgan fingerprint density at radius 2 is 0.947 bits per heavy atom. The van der Waals surface area contributed by atoms with E-state index in [1.165, 1.54) is 66.4 Å². The molecule has 57 heavy (non-hydrogen) atoms. The number of fused-ring (bicyclic) bond motifs is 7. The van der Waals surface area contributed by atoms with Gasteiger partial charge in [0.1, 0.15) is 0 Å². The third kappa shape index (κ3) is 5.03. The lowest BCUT2D eigenvalue weighted by atomic mass is 9.74. The third-order valence-electron chi connectivity index (χ3n) is 12.8. The van der Waals surface area contributed by atoms with Crippen molar-refractivity contribution < 1.29 is 0 Å². The fourth-order valence-electron chi connectivity index (χ4n) is 9.82.